The lowest BCUT2D eigenvalue weighted by Crippen LogP contribution is -2.54. The van der Waals surface area contributed by atoms with Crippen LogP contribution in [0.5, 0.6) is 0 Å². The Hall–Kier alpha value is -2.49. The predicted octanol–water partition coefficient (Wildman–Crippen LogP) is 6.62. The Labute approximate surface area is 261 Å². The van der Waals surface area contributed by atoms with Crippen molar-refractivity contribution in [2.75, 3.05) is 17.1 Å². The van der Waals surface area contributed by atoms with Crippen molar-refractivity contribution in [3.05, 3.63) is 97.9 Å². The molecule has 41 heavy (non-hydrogen) atoms. The number of rotatable bonds is 12. The number of carbonyl (C=O) groups is 2. The third-order valence-corrected chi connectivity index (χ3v) is 8.74. The molecule has 0 aliphatic rings. The van der Waals surface area contributed by atoms with Crippen molar-refractivity contribution in [3.63, 3.8) is 0 Å². The number of carbonyl (C=O) groups excluding carboxylic acids is 2. The van der Waals surface area contributed by atoms with E-state index in [1.54, 1.807) is 18.2 Å². The second kappa shape index (κ2) is 14.6. The van der Waals surface area contributed by atoms with Crippen LogP contribution in [0, 0.1) is 0 Å². The number of hydrogen-bond acceptors (Lipinski definition) is 4. The topological polar surface area (TPSA) is 86.8 Å². The summed E-state index contributed by atoms with van der Waals surface area (Å²) in [6, 6.07) is 17.3. The molecule has 0 fully saturated rings. The molecule has 12 heteroatoms. The number of amides is 2. The second-order valence-corrected chi connectivity index (χ2v) is 13.3. The fourth-order valence-corrected chi connectivity index (χ4v) is 5.80. The number of hydrogen-bond donors (Lipinski definition) is 1. The Bertz CT molecular complexity index is 1470. The molecule has 3 aromatic rings. The van der Waals surface area contributed by atoms with E-state index in [0.29, 0.717) is 17.0 Å². The van der Waals surface area contributed by atoms with E-state index in [1.807, 2.05) is 44.2 Å². The van der Waals surface area contributed by atoms with E-state index < -0.39 is 28.5 Å². The summed E-state index contributed by atoms with van der Waals surface area (Å²) in [5.74, 6) is -0.980. The van der Waals surface area contributed by atoms with Gasteiger partial charge in [0.25, 0.3) is 0 Å². The van der Waals surface area contributed by atoms with Gasteiger partial charge in [0.05, 0.1) is 22.0 Å². The molecule has 3 aromatic carbocycles. The molecule has 0 unspecified atom stereocenters. The smallest absolute Gasteiger partial charge is 0.244 e. The largest absolute Gasteiger partial charge is 0.352 e. The summed E-state index contributed by atoms with van der Waals surface area (Å²) in [5, 5.41) is 4.01. The zero-order chi connectivity index (χ0) is 30.3. The molecule has 0 radical (unpaired) electrons. The van der Waals surface area contributed by atoms with E-state index in [4.69, 9.17) is 46.4 Å². The van der Waals surface area contributed by atoms with E-state index >= 15 is 0 Å². The Morgan fingerprint density at radius 2 is 1.51 bits per heavy atom. The summed E-state index contributed by atoms with van der Waals surface area (Å²) in [5.41, 5.74) is 1.56. The summed E-state index contributed by atoms with van der Waals surface area (Å²) >= 11 is 24.7. The summed E-state index contributed by atoms with van der Waals surface area (Å²) in [4.78, 5) is 29.2. The van der Waals surface area contributed by atoms with Crippen molar-refractivity contribution in [1.82, 2.24) is 10.2 Å². The van der Waals surface area contributed by atoms with Gasteiger partial charge in [-0.1, -0.05) is 89.7 Å². The molecule has 0 saturated heterocycles. The quantitative estimate of drug-likeness (QED) is 0.237. The lowest BCUT2D eigenvalue weighted by Gasteiger charge is -2.34. The maximum Gasteiger partial charge on any atom is 0.244 e. The first-order valence-electron chi connectivity index (χ1n) is 12.8. The number of nitrogens with one attached hydrogen (secondary N) is 1. The van der Waals surface area contributed by atoms with Crippen LogP contribution in [0.3, 0.4) is 0 Å². The van der Waals surface area contributed by atoms with Gasteiger partial charge in [-0.15, -0.1) is 0 Å². The second-order valence-electron chi connectivity index (χ2n) is 9.69. The van der Waals surface area contributed by atoms with Gasteiger partial charge in [-0.2, -0.15) is 0 Å². The van der Waals surface area contributed by atoms with Gasteiger partial charge in [0.1, 0.15) is 12.6 Å². The molecule has 2 atom stereocenters. The van der Waals surface area contributed by atoms with Crippen LogP contribution in [0.15, 0.2) is 66.7 Å². The van der Waals surface area contributed by atoms with Crippen LogP contribution >= 0.6 is 46.4 Å². The molecule has 0 aromatic heterocycles. The Morgan fingerprint density at radius 1 is 0.878 bits per heavy atom. The van der Waals surface area contributed by atoms with Gasteiger partial charge in [-0.05, 0) is 54.8 Å². The Balaban J connectivity index is 2.10. The number of halogens is 4. The standard InChI is InChI=1S/C29H31Cl4N3O4S/c1-4-19(2)34-29(38)27(13-20-8-6-5-7-9-20)35(17-21-10-11-25(32)26(33)12-21)28(37)18-36(41(3,39)40)24-15-22(30)14-23(31)16-24/h5-12,14-16,19,27H,4,13,17-18H2,1-3H3,(H,34,38)/t19-,27+/m1/s1. The SMILES string of the molecule is CC[C@@H](C)NC(=O)[C@H](Cc1ccccc1)N(Cc1ccc(Cl)c(Cl)c1)C(=O)CN(c1cc(Cl)cc(Cl)c1)S(C)(=O)=O. The first-order chi connectivity index (χ1) is 19.3. The third-order valence-electron chi connectivity index (χ3n) is 6.42. The summed E-state index contributed by atoms with van der Waals surface area (Å²) < 4.78 is 26.7. The molecule has 0 aliphatic carbocycles. The average molecular weight is 659 g/mol. The van der Waals surface area contributed by atoms with E-state index in [2.05, 4.69) is 5.32 Å². The molecule has 2 amide bonds. The van der Waals surface area contributed by atoms with E-state index in [9.17, 15) is 18.0 Å². The van der Waals surface area contributed by atoms with Crippen molar-refractivity contribution >= 4 is 73.9 Å². The number of nitrogens with zero attached hydrogens (tertiary/aromatic N) is 2. The molecular formula is C29H31Cl4N3O4S. The fraction of sp³-hybridized carbons (Fsp3) is 0.310. The summed E-state index contributed by atoms with van der Waals surface area (Å²) in [6.45, 7) is 3.18. The predicted molar refractivity (Wildman–Crippen MR) is 167 cm³/mol. The fourth-order valence-electron chi connectivity index (χ4n) is 4.13. The minimum Gasteiger partial charge on any atom is -0.352 e. The highest BCUT2D eigenvalue weighted by Gasteiger charge is 2.33. The third kappa shape index (κ3) is 9.51. The highest BCUT2D eigenvalue weighted by molar-refractivity contribution is 7.92. The number of benzene rings is 3. The zero-order valence-electron chi connectivity index (χ0n) is 22.8. The van der Waals surface area contributed by atoms with E-state index in [0.717, 1.165) is 16.1 Å². The number of anilines is 1. The van der Waals surface area contributed by atoms with Gasteiger partial charge in [0.2, 0.25) is 21.8 Å². The van der Waals surface area contributed by atoms with Crippen LogP contribution in [0.25, 0.3) is 0 Å². The monoisotopic (exact) mass is 657 g/mol. The highest BCUT2D eigenvalue weighted by atomic mass is 35.5. The molecule has 0 saturated carbocycles. The molecule has 0 bridgehead atoms. The molecule has 0 heterocycles. The Kier molecular flexibility index (Phi) is 11.8. The van der Waals surface area contributed by atoms with Crippen molar-refractivity contribution in [3.8, 4) is 0 Å². The van der Waals surface area contributed by atoms with Gasteiger partial charge in [0, 0.05) is 29.1 Å². The van der Waals surface area contributed by atoms with Crippen molar-refractivity contribution in [1.29, 1.82) is 0 Å². The van der Waals surface area contributed by atoms with Crippen LogP contribution in [-0.2, 0) is 32.6 Å². The highest BCUT2D eigenvalue weighted by Crippen LogP contribution is 2.28. The van der Waals surface area contributed by atoms with Crippen LogP contribution in [0.4, 0.5) is 5.69 Å². The first-order valence-corrected chi connectivity index (χ1v) is 16.2. The van der Waals surface area contributed by atoms with Crippen LogP contribution in [0.1, 0.15) is 31.4 Å². The van der Waals surface area contributed by atoms with E-state index in [-0.39, 0.29) is 45.7 Å². The van der Waals surface area contributed by atoms with Crippen molar-refractivity contribution < 1.29 is 18.0 Å². The summed E-state index contributed by atoms with van der Waals surface area (Å²) in [7, 11) is -3.96. The maximum atomic E-state index is 14.1. The van der Waals surface area contributed by atoms with Crippen molar-refractivity contribution in [2.45, 2.75) is 45.3 Å². The minimum atomic E-state index is -3.96. The molecule has 0 aliphatic heterocycles. The van der Waals surface area contributed by atoms with Gasteiger partial charge < -0.3 is 10.2 Å². The van der Waals surface area contributed by atoms with Crippen LogP contribution in [-0.4, -0.2) is 50.0 Å². The summed E-state index contributed by atoms with van der Waals surface area (Å²) in [6.07, 6.45) is 1.86. The molecule has 3 rings (SSSR count). The zero-order valence-corrected chi connectivity index (χ0v) is 26.6. The minimum absolute atomic E-state index is 0.0327. The van der Waals surface area contributed by atoms with Gasteiger partial charge in [-0.3, -0.25) is 13.9 Å². The first kappa shape index (κ1) is 33.0. The lowest BCUT2D eigenvalue weighted by molar-refractivity contribution is -0.140. The maximum absolute atomic E-state index is 14.1. The van der Waals surface area contributed by atoms with Gasteiger partial charge >= 0.3 is 0 Å². The lowest BCUT2D eigenvalue weighted by atomic mass is 10.0. The van der Waals surface area contributed by atoms with Crippen molar-refractivity contribution in [2.24, 2.45) is 0 Å². The van der Waals surface area contributed by atoms with Gasteiger partial charge in [-0.25, -0.2) is 8.42 Å². The molecule has 0 spiro atoms. The number of sulfonamides is 1. The molecular weight excluding hydrogens is 628 g/mol. The molecule has 220 valence electrons. The molecule has 1 N–H and O–H groups in total. The van der Waals surface area contributed by atoms with E-state index in [1.165, 1.54) is 23.1 Å². The average Bonchev–Trinajstić information content (AvgIpc) is 2.90. The Morgan fingerprint density at radius 3 is 2.07 bits per heavy atom. The normalized spacial score (nSPS) is 12.9. The molecule has 7 nitrogen and oxygen atoms in total. The van der Waals surface area contributed by atoms with Crippen LogP contribution < -0.4 is 9.62 Å². The van der Waals surface area contributed by atoms with Crippen LogP contribution in [0.2, 0.25) is 20.1 Å². The van der Waals surface area contributed by atoms with Gasteiger partial charge in [0.15, 0.2) is 0 Å².